The summed E-state index contributed by atoms with van der Waals surface area (Å²) in [6, 6.07) is 5.50. The fourth-order valence-corrected chi connectivity index (χ4v) is 2.40. The van der Waals surface area contributed by atoms with Gasteiger partial charge in [0.2, 0.25) is 0 Å². The lowest BCUT2D eigenvalue weighted by atomic mass is 9.81. The summed E-state index contributed by atoms with van der Waals surface area (Å²) in [6.45, 7) is 5.58. The molecule has 1 aromatic rings. The van der Waals surface area contributed by atoms with Crippen LogP contribution in [0.25, 0.3) is 0 Å². The van der Waals surface area contributed by atoms with E-state index in [1.54, 1.807) is 13.8 Å². The van der Waals surface area contributed by atoms with Crippen molar-refractivity contribution in [2.75, 3.05) is 7.11 Å². The molecule has 0 spiro atoms. The quantitative estimate of drug-likeness (QED) is 0.861. The topological polar surface area (TPSA) is 52.3 Å². The lowest BCUT2D eigenvalue weighted by Gasteiger charge is -2.29. The molecule has 1 aromatic carbocycles. The van der Waals surface area contributed by atoms with Gasteiger partial charge in [0.05, 0.1) is 12.5 Å². The molecule has 0 aliphatic carbocycles. The molecule has 0 saturated carbocycles. The number of rotatable bonds is 3. The van der Waals surface area contributed by atoms with Crippen LogP contribution in [0.5, 0.6) is 0 Å². The predicted octanol–water partition coefficient (Wildman–Crippen LogP) is 3.38. The van der Waals surface area contributed by atoms with Crippen LogP contribution < -0.4 is 5.73 Å². The molecule has 0 radical (unpaired) electrons. The van der Waals surface area contributed by atoms with Crippen molar-refractivity contribution in [3.63, 3.8) is 0 Å². The van der Waals surface area contributed by atoms with Gasteiger partial charge in [0, 0.05) is 10.5 Å². The maximum Gasteiger partial charge on any atom is 0.313 e. The van der Waals surface area contributed by atoms with Crippen LogP contribution in [0, 0.1) is 12.3 Å². The third-order valence-corrected chi connectivity index (χ3v) is 3.67. The molecule has 0 aliphatic rings. The summed E-state index contributed by atoms with van der Waals surface area (Å²) >= 11 is 3.48. The average molecular weight is 337 g/mol. The minimum Gasteiger partial charge on any atom is -0.469 e. The molecular formula is C13H19BrClNO2. The first-order valence-electron chi connectivity index (χ1n) is 5.40. The highest BCUT2D eigenvalue weighted by Gasteiger charge is 2.37. The highest BCUT2D eigenvalue weighted by atomic mass is 79.9. The van der Waals surface area contributed by atoms with E-state index >= 15 is 0 Å². The number of ether oxygens (including phenoxy) is 1. The van der Waals surface area contributed by atoms with Gasteiger partial charge < -0.3 is 10.5 Å². The zero-order chi connectivity index (χ0) is 13.2. The number of hydrogen-bond donors (Lipinski definition) is 1. The smallest absolute Gasteiger partial charge is 0.313 e. The molecule has 1 rings (SSSR count). The van der Waals surface area contributed by atoms with Gasteiger partial charge in [-0.25, -0.2) is 0 Å². The number of methoxy groups -OCH3 is 1. The lowest BCUT2D eigenvalue weighted by Crippen LogP contribution is -2.37. The van der Waals surface area contributed by atoms with Crippen molar-refractivity contribution in [3.8, 4) is 0 Å². The van der Waals surface area contributed by atoms with Crippen LogP contribution in [0.2, 0.25) is 0 Å². The first-order valence-corrected chi connectivity index (χ1v) is 6.20. The van der Waals surface area contributed by atoms with Crippen LogP contribution in [-0.4, -0.2) is 13.1 Å². The fourth-order valence-electron chi connectivity index (χ4n) is 1.66. The standard InChI is InChI=1S/C13H18BrNO2.ClH/c1-8-5-6-9(10(14)7-8)11(15)13(2,3)12(16)17-4;/h5-7,11H,15H2,1-4H3;1H/t11-;/m0./s1. The summed E-state index contributed by atoms with van der Waals surface area (Å²) in [4.78, 5) is 11.7. The summed E-state index contributed by atoms with van der Waals surface area (Å²) in [5.74, 6) is -0.308. The first kappa shape index (κ1) is 17.4. The molecular weight excluding hydrogens is 318 g/mol. The van der Waals surface area contributed by atoms with Gasteiger partial charge in [-0.1, -0.05) is 28.1 Å². The Kier molecular flexibility index (Phi) is 6.34. The van der Waals surface area contributed by atoms with E-state index in [0.717, 1.165) is 15.6 Å². The molecule has 0 heterocycles. The largest absolute Gasteiger partial charge is 0.469 e. The Hall–Kier alpha value is -0.580. The third-order valence-electron chi connectivity index (χ3n) is 2.98. The van der Waals surface area contributed by atoms with Gasteiger partial charge in [-0.05, 0) is 38.0 Å². The molecule has 0 aliphatic heterocycles. The van der Waals surface area contributed by atoms with Crippen LogP contribution >= 0.6 is 28.3 Å². The van der Waals surface area contributed by atoms with Crippen molar-refractivity contribution < 1.29 is 9.53 Å². The number of halogens is 2. The molecule has 0 fully saturated rings. The van der Waals surface area contributed by atoms with E-state index in [-0.39, 0.29) is 18.4 Å². The minimum absolute atomic E-state index is 0. The molecule has 102 valence electrons. The summed E-state index contributed by atoms with van der Waals surface area (Å²) in [5, 5.41) is 0. The van der Waals surface area contributed by atoms with Gasteiger partial charge in [0.1, 0.15) is 0 Å². The molecule has 3 nitrogen and oxygen atoms in total. The van der Waals surface area contributed by atoms with E-state index in [2.05, 4.69) is 15.9 Å². The van der Waals surface area contributed by atoms with Crippen molar-refractivity contribution in [2.45, 2.75) is 26.8 Å². The molecule has 2 N–H and O–H groups in total. The minimum atomic E-state index is -0.757. The SMILES string of the molecule is COC(=O)C(C)(C)[C@@H](N)c1ccc(C)cc1Br.Cl. The molecule has 18 heavy (non-hydrogen) atoms. The van der Waals surface area contributed by atoms with Gasteiger partial charge in [-0.2, -0.15) is 0 Å². The third kappa shape index (κ3) is 3.46. The number of aryl methyl sites for hydroxylation is 1. The van der Waals surface area contributed by atoms with Crippen LogP contribution in [0.1, 0.15) is 31.0 Å². The number of nitrogens with two attached hydrogens (primary N) is 1. The number of carbonyl (C=O) groups excluding carboxylic acids is 1. The van der Waals surface area contributed by atoms with Gasteiger partial charge in [0.25, 0.3) is 0 Å². The molecule has 0 aromatic heterocycles. The molecule has 0 bridgehead atoms. The molecule has 5 heteroatoms. The van der Waals surface area contributed by atoms with Crippen LogP contribution in [0.4, 0.5) is 0 Å². The lowest BCUT2D eigenvalue weighted by molar-refractivity contribution is -0.152. The maximum absolute atomic E-state index is 11.7. The molecule has 1 atom stereocenters. The van der Waals surface area contributed by atoms with Crippen molar-refractivity contribution in [3.05, 3.63) is 33.8 Å². The summed E-state index contributed by atoms with van der Waals surface area (Å²) < 4.78 is 5.71. The predicted molar refractivity (Wildman–Crippen MR) is 78.9 cm³/mol. The van der Waals surface area contributed by atoms with E-state index in [0.29, 0.717) is 0 Å². The number of benzene rings is 1. The second-order valence-electron chi connectivity index (χ2n) is 4.72. The van der Waals surface area contributed by atoms with E-state index in [4.69, 9.17) is 10.5 Å². The Morgan fingerprint density at radius 3 is 2.44 bits per heavy atom. The van der Waals surface area contributed by atoms with E-state index in [9.17, 15) is 4.79 Å². The Labute approximate surface area is 123 Å². The van der Waals surface area contributed by atoms with Crippen LogP contribution in [0.15, 0.2) is 22.7 Å². The number of hydrogen-bond acceptors (Lipinski definition) is 3. The van der Waals surface area contributed by atoms with Gasteiger partial charge in [-0.15, -0.1) is 12.4 Å². The van der Waals surface area contributed by atoms with Gasteiger partial charge >= 0.3 is 5.97 Å². The highest BCUT2D eigenvalue weighted by Crippen LogP contribution is 2.36. The van der Waals surface area contributed by atoms with Crippen molar-refractivity contribution in [1.29, 1.82) is 0 Å². The zero-order valence-electron chi connectivity index (χ0n) is 11.0. The second-order valence-corrected chi connectivity index (χ2v) is 5.57. The molecule has 0 saturated heterocycles. The normalized spacial score (nSPS) is 12.6. The number of carbonyl (C=O) groups is 1. The van der Waals surface area contributed by atoms with Gasteiger partial charge in [-0.3, -0.25) is 4.79 Å². The first-order chi connectivity index (χ1) is 7.80. The Morgan fingerprint density at radius 2 is 2.00 bits per heavy atom. The van der Waals surface area contributed by atoms with Crippen LogP contribution in [-0.2, 0) is 9.53 Å². The molecule has 0 unspecified atom stereocenters. The maximum atomic E-state index is 11.7. The van der Waals surface area contributed by atoms with Crippen LogP contribution in [0.3, 0.4) is 0 Å². The molecule has 0 amide bonds. The Morgan fingerprint density at radius 1 is 1.44 bits per heavy atom. The monoisotopic (exact) mass is 335 g/mol. The van der Waals surface area contributed by atoms with Crippen molar-refractivity contribution in [1.82, 2.24) is 0 Å². The van der Waals surface area contributed by atoms with E-state index < -0.39 is 11.5 Å². The van der Waals surface area contributed by atoms with Crippen molar-refractivity contribution in [2.24, 2.45) is 11.1 Å². The number of esters is 1. The Balaban J connectivity index is 0.00000289. The summed E-state index contributed by atoms with van der Waals surface area (Å²) in [6.07, 6.45) is 0. The summed E-state index contributed by atoms with van der Waals surface area (Å²) in [7, 11) is 1.38. The van der Waals surface area contributed by atoms with Crippen molar-refractivity contribution >= 4 is 34.3 Å². The van der Waals surface area contributed by atoms with E-state index in [1.807, 2.05) is 25.1 Å². The Bertz CT molecular complexity index is 435. The summed E-state index contributed by atoms with van der Waals surface area (Å²) in [5.41, 5.74) is 7.46. The second kappa shape index (κ2) is 6.55. The van der Waals surface area contributed by atoms with E-state index in [1.165, 1.54) is 7.11 Å². The fraction of sp³-hybridized carbons (Fsp3) is 0.462. The van der Waals surface area contributed by atoms with Gasteiger partial charge in [0.15, 0.2) is 0 Å². The zero-order valence-corrected chi connectivity index (χ0v) is 13.4. The average Bonchev–Trinajstić information content (AvgIpc) is 2.27. The highest BCUT2D eigenvalue weighted by molar-refractivity contribution is 9.10.